The fraction of sp³-hybridized carbons (Fsp3) is 0.294. The van der Waals surface area contributed by atoms with Gasteiger partial charge in [0, 0.05) is 0 Å². The highest BCUT2D eigenvalue weighted by Gasteiger charge is 1.83. The van der Waals surface area contributed by atoms with Gasteiger partial charge in [0.25, 0.3) is 0 Å². The third-order valence-electron chi connectivity index (χ3n) is 2.37. The quantitative estimate of drug-likeness (QED) is 0.572. The van der Waals surface area contributed by atoms with E-state index in [1.807, 2.05) is 32.0 Å². The summed E-state index contributed by atoms with van der Waals surface area (Å²) in [6.07, 6.45) is 0. The first-order chi connectivity index (χ1) is 8.20. The first kappa shape index (κ1) is 15.4. The lowest BCUT2D eigenvalue weighted by atomic mass is 10.1. The number of rotatable bonds is 0. The maximum absolute atomic E-state index is 2.12. The van der Waals surface area contributed by atoms with Crippen LogP contribution in [0.1, 0.15) is 30.5 Å². The zero-order valence-electron chi connectivity index (χ0n) is 11.7. The molecule has 0 saturated heterocycles. The molecule has 0 aromatic heterocycles. The minimum atomic E-state index is 1.32. The summed E-state index contributed by atoms with van der Waals surface area (Å²) in [5.41, 5.74) is 4.06. The molecular weight excluding hydrogens is 204 g/mol. The van der Waals surface area contributed by atoms with Crippen LogP contribution in [0.5, 0.6) is 0 Å². The summed E-state index contributed by atoms with van der Waals surface area (Å²) < 4.78 is 0. The molecule has 0 aliphatic carbocycles. The molecule has 0 atom stereocenters. The van der Waals surface area contributed by atoms with Crippen molar-refractivity contribution in [3.8, 4) is 0 Å². The van der Waals surface area contributed by atoms with E-state index in [2.05, 4.69) is 57.2 Å². The van der Waals surface area contributed by atoms with Crippen molar-refractivity contribution in [3.05, 3.63) is 71.3 Å². The number of aryl methyl sites for hydroxylation is 3. The van der Waals surface area contributed by atoms with Crippen molar-refractivity contribution in [1.29, 1.82) is 0 Å². The third kappa shape index (κ3) is 7.35. The second-order valence-electron chi connectivity index (χ2n) is 3.74. The van der Waals surface area contributed by atoms with Gasteiger partial charge in [0.2, 0.25) is 0 Å². The van der Waals surface area contributed by atoms with Crippen LogP contribution in [-0.2, 0) is 0 Å². The Morgan fingerprint density at radius 2 is 0.882 bits per heavy atom. The van der Waals surface area contributed by atoms with Crippen molar-refractivity contribution in [1.82, 2.24) is 0 Å². The van der Waals surface area contributed by atoms with Crippen LogP contribution in [-0.4, -0.2) is 0 Å². The molecule has 0 fully saturated rings. The smallest absolute Gasteiger partial charge is 0.0395 e. The molecular formula is C17H24. The molecule has 0 aliphatic rings. The Kier molecular flexibility index (Phi) is 8.77. The van der Waals surface area contributed by atoms with Gasteiger partial charge in [-0.05, 0) is 31.9 Å². The van der Waals surface area contributed by atoms with E-state index in [1.54, 1.807) is 0 Å². The second-order valence-corrected chi connectivity index (χ2v) is 3.74. The van der Waals surface area contributed by atoms with E-state index in [-0.39, 0.29) is 0 Å². The first-order valence-corrected chi connectivity index (χ1v) is 6.24. The van der Waals surface area contributed by atoms with Crippen molar-refractivity contribution in [3.63, 3.8) is 0 Å². The van der Waals surface area contributed by atoms with Crippen LogP contribution in [0.4, 0.5) is 0 Å². The Morgan fingerprint density at radius 1 is 0.529 bits per heavy atom. The molecule has 0 unspecified atom stereocenters. The van der Waals surface area contributed by atoms with Gasteiger partial charge in [-0.1, -0.05) is 74.0 Å². The molecule has 0 nitrogen and oxygen atoms in total. The fourth-order valence-electron chi connectivity index (χ4n) is 1.20. The van der Waals surface area contributed by atoms with Crippen LogP contribution in [0.2, 0.25) is 0 Å². The summed E-state index contributed by atoms with van der Waals surface area (Å²) in [5.74, 6) is 0. The standard InChI is InChI=1S/C8H10.C7H8.C2H6/c1-7-5-3-4-6-8(7)2;1-7-5-3-2-4-6-7;1-2/h3-6H,1-2H3;2-6H,1H3;1-2H3. The summed E-state index contributed by atoms with van der Waals surface area (Å²) in [7, 11) is 0. The molecule has 0 spiro atoms. The van der Waals surface area contributed by atoms with Crippen molar-refractivity contribution in [2.45, 2.75) is 34.6 Å². The molecule has 2 aromatic carbocycles. The highest BCUT2D eigenvalue weighted by molar-refractivity contribution is 5.23. The highest BCUT2D eigenvalue weighted by Crippen LogP contribution is 2.02. The third-order valence-corrected chi connectivity index (χ3v) is 2.37. The monoisotopic (exact) mass is 228 g/mol. The molecule has 92 valence electrons. The van der Waals surface area contributed by atoms with E-state index in [9.17, 15) is 0 Å². The zero-order chi connectivity index (χ0) is 13.1. The Bertz CT molecular complexity index is 367. The number of hydrogen-bond acceptors (Lipinski definition) is 0. The lowest BCUT2D eigenvalue weighted by Gasteiger charge is -1.93. The van der Waals surface area contributed by atoms with E-state index in [4.69, 9.17) is 0 Å². The van der Waals surface area contributed by atoms with E-state index < -0.39 is 0 Å². The minimum Gasteiger partial charge on any atom is -0.0683 e. The van der Waals surface area contributed by atoms with Crippen molar-refractivity contribution >= 4 is 0 Å². The lowest BCUT2D eigenvalue weighted by Crippen LogP contribution is -1.74. The molecule has 0 aliphatic heterocycles. The average Bonchev–Trinajstić information content (AvgIpc) is 2.37. The van der Waals surface area contributed by atoms with Crippen LogP contribution in [0.3, 0.4) is 0 Å². The molecule has 0 amide bonds. The Morgan fingerprint density at radius 3 is 1.12 bits per heavy atom. The largest absolute Gasteiger partial charge is 0.0683 e. The number of hydrogen-bond donors (Lipinski definition) is 0. The van der Waals surface area contributed by atoms with E-state index in [0.29, 0.717) is 0 Å². The van der Waals surface area contributed by atoms with Crippen molar-refractivity contribution < 1.29 is 0 Å². The molecule has 2 rings (SSSR count). The summed E-state index contributed by atoms with van der Waals surface area (Å²) in [6.45, 7) is 10.3. The zero-order valence-corrected chi connectivity index (χ0v) is 11.7. The molecule has 0 saturated carbocycles. The summed E-state index contributed by atoms with van der Waals surface area (Å²) in [5, 5.41) is 0. The fourth-order valence-corrected chi connectivity index (χ4v) is 1.20. The normalized spacial score (nSPS) is 8.29. The predicted octanol–water partition coefficient (Wildman–Crippen LogP) is 5.32. The van der Waals surface area contributed by atoms with Gasteiger partial charge in [0.15, 0.2) is 0 Å². The van der Waals surface area contributed by atoms with Gasteiger partial charge in [0.1, 0.15) is 0 Å². The van der Waals surface area contributed by atoms with E-state index in [0.717, 1.165) is 0 Å². The van der Waals surface area contributed by atoms with Gasteiger partial charge in [-0.3, -0.25) is 0 Å². The molecule has 0 N–H and O–H groups in total. The molecule has 17 heavy (non-hydrogen) atoms. The number of benzene rings is 2. The van der Waals surface area contributed by atoms with Crippen molar-refractivity contribution in [2.75, 3.05) is 0 Å². The minimum absolute atomic E-state index is 1.32. The van der Waals surface area contributed by atoms with Crippen LogP contribution in [0, 0.1) is 20.8 Å². The van der Waals surface area contributed by atoms with Crippen LogP contribution in [0.25, 0.3) is 0 Å². The Labute approximate surface area is 106 Å². The van der Waals surface area contributed by atoms with Crippen LogP contribution >= 0.6 is 0 Å². The molecule has 0 radical (unpaired) electrons. The molecule has 0 heteroatoms. The summed E-state index contributed by atoms with van der Waals surface area (Å²) >= 11 is 0. The average molecular weight is 228 g/mol. The Balaban J connectivity index is 0.000000265. The summed E-state index contributed by atoms with van der Waals surface area (Å²) in [4.78, 5) is 0. The van der Waals surface area contributed by atoms with Crippen molar-refractivity contribution in [2.24, 2.45) is 0 Å². The van der Waals surface area contributed by atoms with Gasteiger partial charge < -0.3 is 0 Å². The SMILES string of the molecule is CC.Cc1ccccc1.Cc1ccccc1C. The second kappa shape index (κ2) is 9.65. The van der Waals surface area contributed by atoms with Gasteiger partial charge in [0.05, 0.1) is 0 Å². The molecule has 0 heterocycles. The van der Waals surface area contributed by atoms with Gasteiger partial charge in [-0.2, -0.15) is 0 Å². The molecule has 0 bridgehead atoms. The van der Waals surface area contributed by atoms with E-state index >= 15 is 0 Å². The van der Waals surface area contributed by atoms with Crippen LogP contribution in [0.15, 0.2) is 54.6 Å². The summed E-state index contributed by atoms with van der Waals surface area (Å²) in [6, 6.07) is 18.6. The maximum Gasteiger partial charge on any atom is -0.0395 e. The topological polar surface area (TPSA) is 0 Å². The van der Waals surface area contributed by atoms with Gasteiger partial charge in [-0.25, -0.2) is 0 Å². The lowest BCUT2D eigenvalue weighted by molar-refractivity contribution is 1.34. The maximum atomic E-state index is 2.12. The highest BCUT2D eigenvalue weighted by atomic mass is 13.9. The first-order valence-electron chi connectivity index (χ1n) is 6.24. The van der Waals surface area contributed by atoms with Crippen LogP contribution < -0.4 is 0 Å². The molecule has 2 aromatic rings. The Hall–Kier alpha value is -1.56. The van der Waals surface area contributed by atoms with E-state index in [1.165, 1.54) is 16.7 Å². The van der Waals surface area contributed by atoms with Gasteiger partial charge >= 0.3 is 0 Å². The van der Waals surface area contributed by atoms with Gasteiger partial charge in [-0.15, -0.1) is 0 Å². The predicted molar refractivity (Wildman–Crippen MR) is 78.4 cm³/mol.